The van der Waals surface area contributed by atoms with Crippen LogP contribution in [0.3, 0.4) is 0 Å². The SMILES string of the molecule is CCN(CC)C1C=C(Cl)C=CC1. The van der Waals surface area contributed by atoms with Gasteiger partial charge in [-0.2, -0.15) is 0 Å². The topological polar surface area (TPSA) is 3.24 Å². The number of likely N-dealkylation sites (N-methyl/N-ethyl adjacent to an activating group) is 1. The summed E-state index contributed by atoms with van der Waals surface area (Å²) in [4.78, 5) is 2.41. The summed E-state index contributed by atoms with van der Waals surface area (Å²) in [5.41, 5.74) is 0. The molecule has 0 saturated carbocycles. The highest BCUT2D eigenvalue weighted by atomic mass is 35.5. The summed E-state index contributed by atoms with van der Waals surface area (Å²) in [6.45, 7) is 6.55. The standard InChI is InChI=1S/C10H16ClN/c1-3-12(4-2)10-7-5-6-9(11)8-10/h5-6,8,10H,3-4,7H2,1-2H3. The van der Waals surface area contributed by atoms with E-state index in [9.17, 15) is 0 Å². The molecule has 0 heterocycles. The largest absolute Gasteiger partial charge is 0.297 e. The minimum atomic E-state index is 0.512. The zero-order chi connectivity index (χ0) is 8.97. The van der Waals surface area contributed by atoms with Crippen LogP contribution in [-0.2, 0) is 0 Å². The van der Waals surface area contributed by atoms with E-state index in [0.29, 0.717) is 6.04 Å². The molecule has 68 valence electrons. The summed E-state index contributed by atoms with van der Waals surface area (Å²) >= 11 is 5.92. The van der Waals surface area contributed by atoms with Gasteiger partial charge in [0, 0.05) is 11.1 Å². The van der Waals surface area contributed by atoms with Crippen LogP contribution in [-0.4, -0.2) is 24.0 Å². The highest BCUT2D eigenvalue weighted by molar-refractivity contribution is 6.31. The molecule has 0 saturated heterocycles. The van der Waals surface area contributed by atoms with Crippen molar-refractivity contribution in [2.45, 2.75) is 26.3 Å². The van der Waals surface area contributed by atoms with Gasteiger partial charge in [-0.25, -0.2) is 0 Å². The first-order valence-electron chi connectivity index (χ1n) is 4.55. The molecule has 1 unspecified atom stereocenters. The number of nitrogens with zero attached hydrogens (tertiary/aromatic N) is 1. The maximum atomic E-state index is 5.92. The summed E-state index contributed by atoms with van der Waals surface area (Å²) in [7, 11) is 0. The van der Waals surface area contributed by atoms with Crippen LogP contribution in [0, 0.1) is 0 Å². The molecule has 0 bridgehead atoms. The van der Waals surface area contributed by atoms with Crippen LogP contribution in [0.5, 0.6) is 0 Å². The highest BCUT2D eigenvalue weighted by Crippen LogP contribution is 2.17. The predicted octanol–water partition coefficient (Wildman–Crippen LogP) is 2.78. The maximum absolute atomic E-state index is 5.92. The Morgan fingerprint density at radius 1 is 1.50 bits per heavy atom. The van der Waals surface area contributed by atoms with E-state index in [4.69, 9.17) is 11.6 Å². The van der Waals surface area contributed by atoms with E-state index < -0.39 is 0 Å². The van der Waals surface area contributed by atoms with E-state index in [0.717, 1.165) is 24.5 Å². The molecule has 1 aliphatic carbocycles. The average Bonchev–Trinajstić information content (AvgIpc) is 2.07. The molecule has 1 atom stereocenters. The molecule has 0 aromatic carbocycles. The van der Waals surface area contributed by atoms with Crippen molar-refractivity contribution in [3.05, 3.63) is 23.3 Å². The van der Waals surface area contributed by atoms with E-state index >= 15 is 0 Å². The van der Waals surface area contributed by atoms with E-state index in [1.807, 2.05) is 6.08 Å². The summed E-state index contributed by atoms with van der Waals surface area (Å²) in [6.07, 6.45) is 7.35. The zero-order valence-corrected chi connectivity index (χ0v) is 8.51. The molecule has 1 nitrogen and oxygen atoms in total. The van der Waals surface area contributed by atoms with Crippen molar-refractivity contribution in [1.82, 2.24) is 4.90 Å². The molecule has 1 aliphatic rings. The molecule has 0 amide bonds. The third kappa shape index (κ3) is 2.36. The van der Waals surface area contributed by atoms with Crippen LogP contribution >= 0.6 is 11.6 Å². The van der Waals surface area contributed by atoms with Crippen molar-refractivity contribution in [2.75, 3.05) is 13.1 Å². The Morgan fingerprint density at radius 3 is 2.67 bits per heavy atom. The lowest BCUT2D eigenvalue weighted by atomic mass is 10.1. The minimum absolute atomic E-state index is 0.512. The summed E-state index contributed by atoms with van der Waals surface area (Å²) in [5, 5.41) is 0.873. The number of halogens is 1. The second-order valence-electron chi connectivity index (χ2n) is 2.98. The number of hydrogen-bond acceptors (Lipinski definition) is 1. The summed E-state index contributed by atoms with van der Waals surface area (Å²) < 4.78 is 0. The lowest BCUT2D eigenvalue weighted by Crippen LogP contribution is -2.33. The molecule has 1 rings (SSSR count). The van der Waals surface area contributed by atoms with Gasteiger partial charge in [-0.1, -0.05) is 31.5 Å². The third-order valence-electron chi connectivity index (χ3n) is 2.29. The van der Waals surface area contributed by atoms with Gasteiger partial charge in [0.05, 0.1) is 0 Å². The van der Waals surface area contributed by atoms with Gasteiger partial charge in [-0.05, 0) is 31.7 Å². The van der Waals surface area contributed by atoms with Gasteiger partial charge < -0.3 is 0 Å². The molecule has 2 heteroatoms. The monoisotopic (exact) mass is 185 g/mol. The van der Waals surface area contributed by atoms with Crippen LogP contribution in [0.2, 0.25) is 0 Å². The van der Waals surface area contributed by atoms with Crippen LogP contribution in [0.15, 0.2) is 23.3 Å². The number of rotatable bonds is 3. The second kappa shape index (κ2) is 4.68. The van der Waals surface area contributed by atoms with Crippen LogP contribution < -0.4 is 0 Å². The Morgan fingerprint density at radius 2 is 2.17 bits per heavy atom. The molecule has 0 aromatic rings. The highest BCUT2D eigenvalue weighted by Gasteiger charge is 2.13. The van der Waals surface area contributed by atoms with Crippen LogP contribution in [0.25, 0.3) is 0 Å². The van der Waals surface area contributed by atoms with Gasteiger partial charge >= 0.3 is 0 Å². The zero-order valence-electron chi connectivity index (χ0n) is 7.76. The molecule has 12 heavy (non-hydrogen) atoms. The Balaban J connectivity index is 2.58. The van der Waals surface area contributed by atoms with Gasteiger partial charge in [-0.3, -0.25) is 4.90 Å². The summed E-state index contributed by atoms with van der Waals surface area (Å²) in [5.74, 6) is 0. The van der Waals surface area contributed by atoms with Crippen molar-refractivity contribution in [3.63, 3.8) is 0 Å². The quantitative estimate of drug-likeness (QED) is 0.654. The Kier molecular flexibility index (Phi) is 3.83. The fraction of sp³-hybridized carbons (Fsp3) is 0.600. The first kappa shape index (κ1) is 9.82. The first-order valence-corrected chi connectivity index (χ1v) is 4.93. The maximum Gasteiger partial charge on any atom is 0.0378 e. The van der Waals surface area contributed by atoms with Crippen molar-refractivity contribution < 1.29 is 0 Å². The Bertz CT molecular complexity index is 192. The number of hydrogen-bond donors (Lipinski definition) is 0. The lowest BCUT2D eigenvalue weighted by Gasteiger charge is -2.27. The lowest BCUT2D eigenvalue weighted by molar-refractivity contribution is 0.254. The summed E-state index contributed by atoms with van der Waals surface area (Å²) in [6, 6.07) is 0.512. The van der Waals surface area contributed by atoms with Crippen molar-refractivity contribution in [3.8, 4) is 0 Å². The van der Waals surface area contributed by atoms with Gasteiger partial charge in [0.2, 0.25) is 0 Å². The molecule has 0 aromatic heterocycles. The van der Waals surface area contributed by atoms with Crippen molar-refractivity contribution in [2.24, 2.45) is 0 Å². The molecule has 0 aliphatic heterocycles. The smallest absolute Gasteiger partial charge is 0.0378 e. The third-order valence-corrected chi connectivity index (χ3v) is 2.54. The first-order chi connectivity index (χ1) is 5.77. The predicted molar refractivity (Wildman–Crippen MR) is 54.4 cm³/mol. The molecule has 0 radical (unpaired) electrons. The van der Waals surface area contributed by atoms with E-state index in [1.165, 1.54) is 0 Å². The molecular weight excluding hydrogens is 170 g/mol. The minimum Gasteiger partial charge on any atom is -0.297 e. The van der Waals surface area contributed by atoms with Crippen LogP contribution in [0.1, 0.15) is 20.3 Å². The number of allylic oxidation sites excluding steroid dienone is 2. The van der Waals surface area contributed by atoms with Gasteiger partial charge in [0.15, 0.2) is 0 Å². The normalized spacial score (nSPS) is 23.0. The average molecular weight is 186 g/mol. The second-order valence-corrected chi connectivity index (χ2v) is 3.41. The van der Waals surface area contributed by atoms with Crippen LogP contribution in [0.4, 0.5) is 0 Å². The fourth-order valence-electron chi connectivity index (χ4n) is 1.57. The fourth-order valence-corrected chi connectivity index (χ4v) is 1.81. The Hall–Kier alpha value is -0.270. The van der Waals surface area contributed by atoms with E-state index in [-0.39, 0.29) is 0 Å². The molecule has 0 spiro atoms. The van der Waals surface area contributed by atoms with Gasteiger partial charge in [-0.15, -0.1) is 0 Å². The van der Waals surface area contributed by atoms with Crippen molar-refractivity contribution in [1.29, 1.82) is 0 Å². The molecular formula is C10H16ClN. The van der Waals surface area contributed by atoms with E-state index in [1.54, 1.807) is 0 Å². The molecule has 0 fully saturated rings. The van der Waals surface area contributed by atoms with Gasteiger partial charge in [0.1, 0.15) is 0 Å². The van der Waals surface area contributed by atoms with E-state index in [2.05, 4.69) is 30.9 Å². The Labute approximate surface area is 79.7 Å². The van der Waals surface area contributed by atoms with Crippen molar-refractivity contribution >= 4 is 11.6 Å². The van der Waals surface area contributed by atoms with Gasteiger partial charge in [0.25, 0.3) is 0 Å². The molecule has 0 N–H and O–H groups in total.